The number of aromatic nitrogens is 4. The second-order valence-corrected chi connectivity index (χ2v) is 10.2. The highest BCUT2D eigenvalue weighted by Gasteiger charge is 2.13. The second-order valence-electron chi connectivity index (χ2n) is 10.2. The molecular formula is C37H24N4. The molecule has 8 rings (SSSR count). The lowest BCUT2D eigenvalue weighted by molar-refractivity contribution is 1.07. The number of aromatic amines is 1. The van der Waals surface area contributed by atoms with E-state index in [0.29, 0.717) is 17.5 Å². The Labute approximate surface area is 237 Å². The number of nitrogens with one attached hydrogen (secondary N) is 1. The molecule has 0 unspecified atom stereocenters. The number of H-pyrrole nitrogens is 1. The van der Waals surface area contributed by atoms with Gasteiger partial charge in [-0.2, -0.15) is 0 Å². The molecule has 0 saturated carbocycles. The number of hydrogen-bond donors (Lipinski definition) is 1. The van der Waals surface area contributed by atoms with Crippen LogP contribution >= 0.6 is 0 Å². The minimum absolute atomic E-state index is 0.654. The number of fused-ring (bicyclic) bond motifs is 5. The van der Waals surface area contributed by atoms with Crippen LogP contribution in [-0.4, -0.2) is 19.9 Å². The maximum atomic E-state index is 4.92. The third-order valence-corrected chi connectivity index (χ3v) is 7.64. The van der Waals surface area contributed by atoms with Crippen LogP contribution in [0, 0.1) is 0 Å². The van der Waals surface area contributed by atoms with E-state index in [1.54, 1.807) is 0 Å². The van der Waals surface area contributed by atoms with Crippen LogP contribution in [-0.2, 0) is 0 Å². The van der Waals surface area contributed by atoms with Crippen molar-refractivity contribution in [2.75, 3.05) is 0 Å². The van der Waals surface area contributed by atoms with Gasteiger partial charge in [-0.15, -0.1) is 0 Å². The van der Waals surface area contributed by atoms with Crippen LogP contribution in [0.15, 0.2) is 140 Å². The lowest BCUT2D eigenvalue weighted by Crippen LogP contribution is -2.00. The molecule has 41 heavy (non-hydrogen) atoms. The second kappa shape index (κ2) is 9.54. The summed E-state index contributed by atoms with van der Waals surface area (Å²) in [6.07, 6.45) is 0. The van der Waals surface area contributed by atoms with Crippen LogP contribution in [0.1, 0.15) is 0 Å². The fraction of sp³-hybridized carbons (Fsp3) is 0. The molecule has 192 valence electrons. The van der Waals surface area contributed by atoms with E-state index in [-0.39, 0.29) is 0 Å². The molecule has 2 aromatic heterocycles. The van der Waals surface area contributed by atoms with Crippen molar-refractivity contribution in [2.45, 2.75) is 0 Å². The van der Waals surface area contributed by atoms with Gasteiger partial charge in [0.05, 0.1) is 0 Å². The van der Waals surface area contributed by atoms with Crippen molar-refractivity contribution < 1.29 is 0 Å². The van der Waals surface area contributed by atoms with Crippen LogP contribution < -0.4 is 0 Å². The average Bonchev–Trinajstić information content (AvgIpc) is 3.44. The fourth-order valence-corrected chi connectivity index (χ4v) is 5.63. The number of para-hydroxylation sites is 1. The molecule has 0 bridgehead atoms. The van der Waals surface area contributed by atoms with Crippen molar-refractivity contribution in [3.63, 3.8) is 0 Å². The van der Waals surface area contributed by atoms with E-state index in [1.807, 2.05) is 60.7 Å². The van der Waals surface area contributed by atoms with Gasteiger partial charge in [0.15, 0.2) is 17.5 Å². The Kier molecular flexibility index (Phi) is 5.42. The van der Waals surface area contributed by atoms with Gasteiger partial charge in [0, 0.05) is 38.5 Å². The van der Waals surface area contributed by atoms with Crippen molar-refractivity contribution >= 4 is 32.6 Å². The minimum atomic E-state index is 0.654. The molecule has 6 aromatic carbocycles. The molecule has 0 fully saturated rings. The molecule has 4 heteroatoms. The summed E-state index contributed by atoms with van der Waals surface area (Å²) in [5.41, 5.74) is 7.46. The van der Waals surface area contributed by atoms with Crippen LogP contribution in [0.4, 0.5) is 0 Å². The first-order valence-electron chi connectivity index (χ1n) is 13.7. The molecule has 0 spiro atoms. The molecule has 1 N–H and O–H groups in total. The third kappa shape index (κ3) is 4.14. The Morgan fingerprint density at radius 3 is 1.68 bits per heavy atom. The van der Waals surface area contributed by atoms with Gasteiger partial charge in [-0.1, -0.05) is 115 Å². The SMILES string of the molecule is c1ccc(-c2nc(-c3ccccc3)nc(-c3cccc(-c4ccc5c(ccc6[nH]c7ccccc7c65)c4)c3)n2)cc1. The van der Waals surface area contributed by atoms with Gasteiger partial charge < -0.3 is 4.98 Å². The predicted octanol–water partition coefficient (Wildman–Crippen LogP) is 9.33. The standard InChI is InChI=1S/C37H24N4/c1-3-10-24(11-4-1)35-39-36(25-12-5-2-6-13-25)41-37(40-35)29-15-9-14-26(23-29)27-18-20-30-28(22-27)19-21-33-34(30)31-16-7-8-17-32(31)38-33/h1-23,38H. The zero-order valence-corrected chi connectivity index (χ0v) is 22.1. The van der Waals surface area contributed by atoms with E-state index in [0.717, 1.165) is 38.9 Å². The van der Waals surface area contributed by atoms with E-state index in [9.17, 15) is 0 Å². The summed E-state index contributed by atoms with van der Waals surface area (Å²) < 4.78 is 0. The first kappa shape index (κ1) is 23.3. The van der Waals surface area contributed by atoms with E-state index < -0.39 is 0 Å². The molecular weight excluding hydrogens is 500 g/mol. The van der Waals surface area contributed by atoms with E-state index in [4.69, 9.17) is 15.0 Å². The van der Waals surface area contributed by atoms with Gasteiger partial charge in [-0.25, -0.2) is 15.0 Å². The quantitative estimate of drug-likeness (QED) is 0.250. The van der Waals surface area contributed by atoms with Crippen molar-refractivity contribution in [1.29, 1.82) is 0 Å². The smallest absolute Gasteiger partial charge is 0.164 e. The van der Waals surface area contributed by atoms with Crippen molar-refractivity contribution in [3.05, 3.63) is 140 Å². The number of nitrogens with zero attached hydrogens (tertiary/aromatic N) is 3. The van der Waals surface area contributed by atoms with E-state index >= 15 is 0 Å². The van der Waals surface area contributed by atoms with Crippen LogP contribution in [0.3, 0.4) is 0 Å². The van der Waals surface area contributed by atoms with E-state index in [2.05, 4.69) is 83.8 Å². The molecule has 0 saturated heterocycles. The lowest BCUT2D eigenvalue weighted by atomic mass is 9.97. The first-order valence-corrected chi connectivity index (χ1v) is 13.7. The highest BCUT2D eigenvalue weighted by atomic mass is 15.0. The van der Waals surface area contributed by atoms with Gasteiger partial charge in [-0.05, 0) is 46.2 Å². The van der Waals surface area contributed by atoms with Crippen LogP contribution in [0.2, 0.25) is 0 Å². The summed E-state index contributed by atoms with van der Waals surface area (Å²) in [6, 6.07) is 48.2. The predicted molar refractivity (Wildman–Crippen MR) is 168 cm³/mol. The van der Waals surface area contributed by atoms with Gasteiger partial charge in [-0.3, -0.25) is 0 Å². The van der Waals surface area contributed by atoms with Gasteiger partial charge in [0.1, 0.15) is 0 Å². The third-order valence-electron chi connectivity index (χ3n) is 7.64. The Hall–Kier alpha value is -5.61. The Morgan fingerprint density at radius 1 is 0.366 bits per heavy atom. The van der Waals surface area contributed by atoms with Gasteiger partial charge >= 0.3 is 0 Å². The molecule has 0 aliphatic carbocycles. The molecule has 8 aromatic rings. The molecule has 0 atom stereocenters. The highest BCUT2D eigenvalue weighted by Crippen LogP contribution is 2.35. The minimum Gasteiger partial charge on any atom is -0.354 e. The van der Waals surface area contributed by atoms with Crippen molar-refractivity contribution in [1.82, 2.24) is 19.9 Å². The Balaban J connectivity index is 1.25. The summed E-state index contributed by atoms with van der Waals surface area (Å²) >= 11 is 0. The number of benzene rings is 6. The Morgan fingerprint density at radius 2 is 0.951 bits per heavy atom. The fourth-order valence-electron chi connectivity index (χ4n) is 5.63. The highest BCUT2D eigenvalue weighted by molar-refractivity contribution is 6.20. The molecule has 0 amide bonds. The first-order chi connectivity index (χ1) is 20.3. The van der Waals surface area contributed by atoms with Gasteiger partial charge in [0.2, 0.25) is 0 Å². The summed E-state index contributed by atoms with van der Waals surface area (Å²) in [4.78, 5) is 18.2. The maximum absolute atomic E-state index is 4.92. The normalized spacial score (nSPS) is 11.4. The average molecular weight is 525 g/mol. The summed E-state index contributed by atoms with van der Waals surface area (Å²) in [5, 5.41) is 4.98. The molecule has 0 aliphatic heterocycles. The number of rotatable bonds is 4. The lowest BCUT2D eigenvalue weighted by Gasteiger charge is -2.10. The van der Waals surface area contributed by atoms with Gasteiger partial charge in [0.25, 0.3) is 0 Å². The van der Waals surface area contributed by atoms with Crippen molar-refractivity contribution in [3.8, 4) is 45.3 Å². The monoisotopic (exact) mass is 524 g/mol. The molecule has 0 radical (unpaired) electrons. The number of hydrogen-bond acceptors (Lipinski definition) is 3. The van der Waals surface area contributed by atoms with Crippen LogP contribution in [0.5, 0.6) is 0 Å². The maximum Gasteiger partial charge on any atom is 0.164 e. The largest absolute Gasteiger partial charge is 0.354 e. The summed E-state index contributed by atoms with van der Waals surface area (Å²) in [6.45, 7) is 0. The topological polar surface area (TPSA) is 54.5 Å². The van der Waals surface area contributed by atoms with Crippen molar-refractivity contribution in [2.24, 2.45) is 0 Å². The summed E-state index contributed by atoms with van der Waals surface area (Å²) in [5.74, 6) is 1.97. The van der Waals surface area contributed by atoms with E-state index in [1.165, 1.54) is 21.5 Å². The zero-order chi connectivity index (χ0) is 27.2. The molecule has 4 nitrogen and oxygen atoms in total. The summed E-state index contributed by atoms with van der Waals surface area (Å²) in [7, 11) is 0. The van der Waals surface area contributed by atoms with Crippen LogP contribution in [0.25, 0.3) is 77.9 Å². The molecule has 2 heterocycles. The molecule has 0 aliphatic rings. The zero-order valence-electron chi connectivity index (χ0n) is 22.1. The Bertz CT molecular complexity index is 2140.